The first-order valence-corrected chi connectivity index (χ1v) is 8.69. The van der Waals surface area contributed by atoms with Gasteiger partial charge in [-0.05, 0) is 36.6 Å². The second-order valence-corrected chi connectivity index (χ2v) is 7.56. The zero-order chi connectivity index (χ0) is 17.0. The van der Waals surface area contributed by atoms with Gasteiger partial charge in [0.1, 0.15) is 11.9 Å². The molecule has 0 N–H and O–H groups in total. The van der Waals surface area contributed by atoms with Gasteiger partial charge in [-0.25, -0.2) is 4.39 Å². The van der Waals surface area contributed by atoms with E-state index in [2.05, 4.69) is 15.9 Å². The number of ether oxygens (including phenoxy) is 2. The van der Waals surface area contributed by atoms with Crippen molar-refractivity contribution in [1.82, 2.24) is 0 Å². The lowest BCUT2D eigenvalue weighted by molar-refractivity contribution is -0.154. The highest BCUT2D eigenvalue weighted by molar-refractivity contribution is 9.09. The van der Waals surface area contributed by atoms with E-state index in [4.69, 9.17) is 9.47 Å². The fourth-order valence-corrected chi connectivity index (χ4v) is 5.29. The Bertz CT molecular complexity index is 718. The number of alkyl halides is 1. The smallest absolute Gasteiger partial charge is 0.310 e. The fourth-order valence-electron chi connectivity index (χ4n) is 4.25. The predicted octanol–water partition coefficient (Wildman–Crippen LogP) is 2.12. The van der Waals surface area contributed by atoms with Gasteiger partial charge in [-0.15, -0.1) is 0 Å². The summed E-state index contributed by atoms with van der Waals surface area (Å²) in [5.74, 6) is -2.71. The number of fused-ring (bicyclic) bond motifs is 1. The number of carbonyl (C=O) groups is 3. The van der Waals surface area contributed by atoms with Crippen molar-refractivity contribution in [2.45, 2.75) is 17.4 Å². The Balaban J connectivity index is 1.43. The van der Waals surface area contributed by atoms with Crippen molar-refractivity contribution in [2.75, 3.05) is 6.61 Å². The summed E-state index contributed by atoms with van der Waals surface area (Å²) in [6.07, 6.45) is 0.597. The minimum atomic E-state index is -0.563. The molecule has 6 atom stereocenters. The van der Waals surface area contributed by atoms with Crippen LogP contribution in [0, 0.1) is 29.5 Å². The second kappa shape index (κ2) is 5.65. The predicted molar refractivity (Wildman–Crippen MR) is 82.9 cm³/mol. The standard InChI is InChI=1S/C17H14BrFO5/c18-14-9-5-10-13(17(22)24-15(10)14)12(9)16(21)23-6-11(20)7-1-3-8(19)4-2-7/h1-4,9-10,12-15H,5-6H2/t9-,10-,12-,13-,14-,15+/m1/s1. The number of ketones is 1. The van der Waals surface area contributed by atoms with Gasteiger partial charge in [-0.2, -0.15) is 0 Å². The van der Waals surface area contributed by atoms with E-state index in [0.29, 0.717) is 0 Å². The molecule has 2 bridgehead atoms. The largest absolute Gasteiger partial charge is 0.461 e. The topological polar surface area (TPSA) is 69.7 Å². The zero-order valence-electron chi connectivity index (χ0n) is 12.5. The lowest BCUT2D eigenvalue weighted by Crippen LogP contribution is -2.39. The molecular formula is C17H14BrFO5. The van der Waals surface area contributed by atoms with Gasteiger partial charge < -0.3 is 9.47 Å². The number of rotatable bonds is 4. The van der Waals surface area contributed by atoms with Crippen molar-refractivity contribution in [1.29, 1.82) is 0 Å². The number of halogens is 2. The summed E-state index contributed by atoms with van der Waals surface area (Å²) in [5.41, 5.74) is 0.274. The van der Waals surface area contributed by atoms with Crippen LogP contribution >= 0.6 is 15.9 Å². The number of benzene rings is 1. The molecule has 126 valence electrons. The highest BCUT2D eigenvalue weighted by Crippen LogP contribution is 2.60. The van der Waals surface area contributed by atoms with Crippen LogP contribution in [0.5, 0.6) is 0 Å². The summed E-state index contributed by atoms with van der Waals surface area (Å²) in [6, 6.07) is 5.04. The first kappa shape index (κ1) is 15.7. The summed E-state index contributed by atoms with van der Waals surface area (Å²) in [4.78, 5) is 36.4. The Labute approximate surface area is 145 Å². The van der Waals surface area contributed by atoms with E-state index in [0.717, 1.165) is 6.42 Å². The molecule has 1 aliphatic heterocycles. The Hall–Kier alpha value is -1.76. The van der Waals surface area contributed by atoms with Crippen molar-refractivity contribution >= 4 is 33.7 Å². The van der Waals surface area contributed by atoms with Gasteiger partial charge >= 0.3 is 11.9 Å². The first-order chi connectivity index (χ1) is 11.5. The zero-order valence-corrected chi connectivity index (χ0v) is 14.1. The molecule has 4 rings (SSSR count). The van der Waals surface area contributed by atoms with E-state index < -0.39 is 36.0 Å². The molecule has 0 aromatic heterocycles. The van der Waals surface area contributed by atoms with E-state index in [9.17, 15) is 18.8 Å². The average Bonchev–Trinajstić information content (AvgIpc) is 3.17. The third kappa shape index (κ3) is 2.29. The van der Waals surface area contributed by atoms with Gasteiger partial charge in [-0.1, -0.05) is 15.9 Å². The molecule has 3 aliphatic rings. The minimum absolute atomic E-state index is 0.00938. The molecule has 7 heteroatoms. The third-order valence-electron chi connectivity index (χ3n) is 5.31. The summed E-state index contributed by atoms with van der Waals surface area (Å²) in [6.45, 7) is -0.420. The molecular weight excluding hydrogens is 383 g/mol. The van der Waals surface area contributed by atoms with Gasteiger partial charge in [0.25, 0.3) is 0 Å². The number of hydrogen-bond acceptors (Lipinski definition) is 5. The van der Waals surface area contributed by atoms with E-state index >= 15 is 0 Å². The van der Waals surface area contributed by atoms with Crippen molar-refractivity contribution in [3.63, 3.8) is 0 Å². The number of hydrogen-bond donors (Lipinski definition) is 0. The first-order valence-electron chi connectivity index (χ1n) is 7.77. The highest BCUT2D eigenvalue weighted by Gasteiger charge is 2.68. The maximum Gasteiger partial charge on any atom is 0.310 e. The van der Waals surface area contributed by atoms with Gasteiger partial charge in [0.05, 0.1) is 16.7 Å². The lowest BCUT2D eigenvalue weighted by atomic mass is 9.80. The second-order valence-electron chi connectivity index (χ2n) is 6.50. The van der Waals surface area contributed by atoms with Crippen LogP contribution in [0.15, 0.2) is 24.3 Å². The van der Waals surface area contributed by atoms with Gasteiger partial charge in [0.15, 0.2) is 12.4 Å². The Morgan fingerprint density at radius 3 is 2.67 bits per heavy atom. The SMILES string of the molecule is O=C(COC(=O)[C@@H]1[C@H]2C[C@H]3[C@H](OC(=O)[C@H]31)[C@@H]2Br)c1ccc(F)cc1. The van der Waals surface area contributed by atoms with Crippen LogP contribution < -0.4 is 0 Å². The quantitative estimate of drug-likeness (QED) is 0.442. The summed E-state index contributed by atoms with van der Waals surface area (Å²) < 4.78 is 23.4. The van der Waals surface area contributed by atoms with E-state index in [-0.39, 0.29) is 34.3 Å². The van der Waals surface area contributed by atoms with Crippen molar-refractivity contribution in [3.05, 3.63) is 35.6 Å². The average molecular weight is 397 g/mol. The van der Waals surface area contributed by atoms with Crippen LogP contribution in [0.3, 0.4) is 0 Å². The van der Waals surface area contributed by atoms with Crippen LogP contribution in [-0.4, -0.2) is 35.3 Å². The molecule has 1 heterocycles. The minimum Gasteiger partial charge on any atom is -0.461 e. The maximum atomic E-state index is 12.9. The number of carbonyl (C=O) groups excluding carboxylic acids is 3. The summed E-state index contributed by atoms with van der Waals surface area (Å²) >= 11 is 3.52. The number of Topliss-reactive ketones (excluding diaryl/α,β-unsaturated/α-hetero) is 1. The normalized spacial score (nSPS) is 35.8. The monoisotopic (exact) mass is 396 g/mol. The van der Waals surface area contributed by atoms with E-state index in [1.54, 1.807) is 0 Å². The lowest BCUT2D eigenvalue weighted by Gasteiger charge is -2.26. The molecule has 5 nitrogen and oxygen atoms in total. The van der Waals surface area contributed by atoms with Crippen molar-refractivity contribution in [2.24, 2.45) is 23.7 Å². The summed E-state index contributed by atoms with van der Waals surface area (Å²) in [5, 5.41) is 0. The van der Waals surface area contributed by atoms with Crippen LogP contribution in [0.4, 0.5) is 4.39 Å². The van der Waals surface area contributed by atoms with Crippen molar-refractivity contribution in [3.8, 4) is 0 Å². The number of esters is 2. The third-order valence-corrected chi connectivity index (χ3v) is 6.51. The Morgan fingerprint density at radius 2 is 1.96 bits per heavy atom. The molecule has 24 heavy (non-hydrogen) atoms. The fraction of sp³-hybridized carbons (Fsp3) is 0.471. The van der Waals surface area contributed by atoms with E-state index in [1.165, 1.54) is 24.3 Å². The van der Waals surface area contributed by atoms with Gasteiger partial charge in [-0.3, -0.25) is 14.4 Å². The molecule has 0 spiro atoms. The molecule has 2 saturated carbocycles. The van der Waals surface area contributed by atoms with Gasteiger partial charge in [0, 0.05) is 11.5 Å². The Morgan fingerprint density at radius 1 is 1.25 bits per heavy atom. The van der Waals surface area contributed by atoms with Gasteiger partial charge in [0.2, 0.25) is 0 Å². The van der Waals surface area contributed by atoms with Crippen LogP contribution in [0.1, 0.15) is 16.8 Å². The molecule has 3 fully saturated rings. The molecule has 1 aromatic carbocycles. The molecule has 0 amide bonds. The molecule has 1 aromatic rings. The van der Waals surface area contributed by atoms with Crippen molar-refractivity contribution < 1.29 is 28.2 Å². The summed E-state index contributed by atoms with van der Waals surface area (Å²) in [7, 11) is 0. The van der Waals surface area contributed by atoms with E-state index in [1.807, 2.05) is 0 Å². The van der Waals surface area contributed by atoms with Crippen LogP contribution in [0.25, 0.3) is 0 Å². The molecule has 0 unspecified atom stereocenters. The van der Waals surface area contributed by atoms with Crippen LogP contribution in [-0.2, 0) is 19.1 Å². The molecule has 2 aliphatic carbocycles. The highest BCUT2D eigenvalue weighted by atomic mass is 79.9. The maximum absolute atomic E-state index is 12.9. The van der Waals surface area contributed by atoms with Crippen LogP contribution in [0.2, 0.25) is 0 Å². The molecule has 0 radical (unpaired) electrons. The Kier molecular flexibility index (Phi) is 3.71. The molecule has 1 saturated heterocycles.